The predicted molar refractivity (Wildman–Crippen MR) is 34.4 cm³/mol. The van der Waals surface area contributed by atoms with Crippen LogP contribution in [0.1, 0.15) is 55.4 Å². The molecule has 0 heteroatoms. The Labute approximate surface area is 56.8 Å². The van der Waals surface area contributed by atoms with Gasteiger partial charge in [-0.1, -0.05) is 45.8 Å². The van der Waals surface area contributed by atoms with E-state index in [2.05, 4.69) is 0 Å². The zero-order valence-electron chi connectivity index (χ0n) is 11.3. The lowest BCUT2D eigenvalue weighted by Gasteiger charge is -1.90. The van der Waals surface area contributed by atoms with Crippen molar-refractivity contribution in [3.05, 3.63) is 0 Å². The molecule has 0 aliphatic heterocycles. The molecule has 7 heavy (non-hydrogen) atoms. The Bertz CT molecular complexity index is 137. The van der Waals surface area contributed by atoms with Gasteiger partial charge < -0.3 is 0 Å². The lowest BCUT2D eigenvalue weighted by molar-refractivity contribution is 0.656. The number of rotatable bonds is 4. The maximum atomic E-state index is 7.47. The fraction of sp³-hybridized carbons (Fsp3) is 1.00. The van der Waals surface area contributed by atoms with Crippen LogP contribution in [0.3, 0.4) is 0 Å². The molecule has 0 saturated carbocycles. The summed E-state index contributed by atoms with van der Waals surface area (Å²) in [4.78, 5) is 0. The van der Waals surface area contributed by atoms with Crippen molar-refractivity contribution in [2.45, 2.75) is 45.8 Å². The van der Waals surface area contributed by atoms with Gasteiger partial charge in [-0.05, 0) is 0 Å². The third kappa shape index (κ3) is 6.00. The van der Waals surface area contributed by atoms with Crippen LogP contribution in [0.2, 0.25) is 0 Å². The summed E-state index contributed by atoms with van der Waals surface area (Å²) in [5, 5.41) is 0. The fourth-order valence-corrected chi connectivity index (χ4v) is 0.221. The van der Waals surface area contributed by atoms with Crippen LogP contribution < -0.4 is 0 Å². The van der Waals surface area contributed by atoms with Gasteiger partial charge in [0.1, 0.15) is 0 Å². The lowest BCUT2D eigenvalue weighted by atomic mass is 10.2. The normalized spacial score (nSPS) is 46.0. The monoisotopic (exact) mass is 107 g/mol. The predicted octanol–water partition coefficient (Wildman–Crippen LogP) is 2.98. The molecule has 0 fully saturated rings. The topological polar surface area (TPSA) is 0 Å². The SMILES string of the molecule is [2H]CC([2H])C([2H])C([2H])C([2H])C([2H])C[2H]. The highest BCUT2D eigenvalue weighted by Gasteiger charge is 1.80. The fourth-order valence-electron chi connectivity index (χ4n) is 0.221. The maximum absolute atomic E-state index is 7.47. The van der Waals surface area contributed by atoms with Gasteiger partial charge in [0.05, 0.1) is 0 Å². The van der Waals surface area contributed by atoms with E-state index in [1.165, 1.54) is 0 Å². The Hall–Kier alpha value is 0. The molecule has 0 amide bonds. The van der Waals surface area contributed by atoms with Gasteiger partial charge in [-0.3, -0.25) is 0 Å². The summed E-state index contributed by atoms with van der Waals surface area (Å²) in [5.74, 6) is 0. The van der Waals surface area contributed by atoms with E-state index in [0.29, 0.717) is 0 Å². The molecule has 44 valence electrons. The Morgan fingerprint density at radius 1 is 1.14 bits per heavy atom. The van der Waals surface area contributed by atoms with Crippen LogP contribution in [0.15, 0.2) is 0 Å². The van der Waals surface area contributed by atoms with Crippen LogP contribution in [0.5, 0.6) is 0 Å². The lowest BCUT2D eigenvalue weighted by Crippen LogP contribution is -1.70. The maximum Gasteiger partial charge on any atom is 0.0267 e. The molecule has 0 heterocycles. The van der Waals surface area contributed by atoms with Gasteiger partial charge in [-0.15, -0.1) is 0 Å². The van der Waals surface area contributed by atoms with Crippen LogP contribution in [0, 0.1) is 0 Å². The molecule has 0 rings (SSSR count). The third-order valence-corrected chi connectivity index (χ3v) is 0.494. The van der Waals surface area contributed by atoms with E-state index < -0.39 is 32.0 Å². The average Bonchev–Trinajstić information content (AvgIpc) is 2.23. The summed E-state index contributed by atoms with van der Waals surface area (Å²) < 4.78 is 50.6. The van der Waals surface area contributed by atoms with Crippen LogP contribution in [0.25, 0.3) is 0 Å². The molecular weight excluding hydrogens is 84.1 g/mol. The van der Waals surface area contributed by atoms with E-state index in [-0.39, 0.29) is 13.8 Å². The highest BCUT2D eigenvalue weighted by molar-refractivity contribution is 4.35. The Morgan fingerprint density at radius 2 is 1.71 bits per heavy atom. The van der Waals surface area contributed by atoms with Crippen LogP contribution in [-0.2, 0) is 0 Å². The molecule has 4 atom stereocenters. The minimum atomic E-state index is -1.17. The molecule has 0 aromatic carbocycles. The van der Waals surface area contributed by atoms with Crippen molar-refractivity contribution >= 4 is 0 Å². The smallest absolute Gasteiger partial charge is 0.0267 e. The summed E-state index contributed by atoms with van der Waals surface area (Å²) in [6.07, 6.45) is -5.42. The Kier molecular flexibility index (Phi) is 1.28. The van der Waals surface area contributed by atoms with Crippen molar-refractivity contribution < 1.29 is 9.60 Å². The van der Waals surface area contributed by atoms with Crippen LogP contribution in [-0.4, -0.2) is 0 Å². The first kappa shape index (κ1) is 1.49. The van der Waals surface area contributed by atoms with Gasteiger partial charge in [0.15, 0.2) is 0 Å². The minimum absolute atomic E-state index is 0.264. The molecule has 0 aromatic heterocycles. The second kappa shape index (κ2) is 6.00. The molecule has 0 radical (unpaired) electrons. The second-order valence-corrected chi connectivity index (χ2v) is 1.05. The summed E-state index contributed by atoms with van der Waals surface area (Å²) in [6.45, 7) is -0.528. The van der Waals surface area contributed by atoms with Gasteiger partial charge in [-0.25, -0.2) is 0 Å². The van der Waals surface area contributed by atoms with Crippen LogP contribution in [0.4, 0.5) is 0 Å². The van der Waals surface area contributed by atoms with Gasteiger partial charge >= 0.3 is 0 Å². The summed E-state index contributed by atoms with van der Waals surface area (Å²) >= 11 is 0. The first-order chi connectivity index (χ1) is 6.45. The molecular formula is C7H16. The standard InChI is InChI=1S/C7H16/c1-3-5-7-6-4-2/h3-7H2,1-2H3/i1D,2D,3D,4D,5D,6D,7D. The molecule has 0 nitrogen and oxygen atoms in total. The third-order valence-electron chi connectivity index (χ3n) is 0.494. The second-order valence-electron chi connectivity index (χ2n) is 1.05. The largest absolute Gasteiger partial charge is 0.0654 e. The zero-order valence-corrected chi connectivity index (χ0v) is 4.30. The minimum Gasteiger partial charge on any atom is -0.0654 e. The molecule has 4 unspecified atom stereocenters. The van der Waals surface area contributed by atoms with E-state index >= 15 is 0 Å². The van der Waals surface area contributed by atoms with Gasteiger partial charge in [-0.2, -0.15) is 0 Å². The summed E-state index contributed by atoms with van der Waals surface area (Å²) in [7, 11) is 0. The van der Waals surface area contributed by atoms with E-state index in [9.17, 15) is 0 Å². The first-order valence-corrected chi connectivity index (χ1v) is 2.15. The van der Waals surface area contributed by atoms with E-state index in [1.54, 1.807) is 0 Å². The van der Waals surface area contributed by atoms with Crippen molar-refractivity contribution in [3.8, 4) is 0 Å². The van der Waals surface area contributed by atoms with Gasteiger partial charge in [0.25, 0.3) is 0 Å². The van der Waals surface area contributed by atoms with Crippen molar-refractivity contribution in [2.75, 3.05) is 0 Å². The molecule has 0 bridgehead atoms. The number of hydrogen-bond acceptors (Lipinski definition) is 0. The van der Waals surface area contributed by atoms with Gasteiger partial charge in [0.2, 0.25) is 0 Å². The van der Waals surface area contributed by atoms with E-state index in [0.717, 1.165) is 0 Å². The van der Waals surface area contributed by atoms with Gasteiger partial charge in [0, 0.05) is 9.60 Å². The molecule has 0 spiro atoms. The van der Waals surface area contributed by atoms with E-state index in [4.69, 9.17) is 9.60 Å². The first-order valence-electron chi connectivity index (χ1n) is 6.45. The van der Waals surface area contributed by atoms with Crippen molar-refractivity contribution in [1.29, 1.82) is 0 Å². The van der Waals surface area contributed by atoms with Crippen molar-refractivity contribution in [2.24, 2.45) is 0 Å². The van der Waals surface area contributed by atoms with Crippen molar-refractivity contribution in [1.82, 2.24) is 0 Å². The molecule has 0 aliphatic carbocycles. The highest BCUT2D eigenvalue weighted by Crippen LogP contribution is 2.00. The molecule has 0 saturated heterocycles. The molecule has 0 aliphatic rings. The zero-order chi connectivity index (χ0) is 11.3. The van der Waals surface area contributed by atoms with Crippen molar-refractivity contribution in [3.63, 3.8) is 0 Å². The Morgan fingerprint density at radius 3 is 2.14 bits per heavy atom. The quantitative estimate of drug-likeness (QED) is 0.518. The Balaban J connectivity index is 4.22. The number of hydrogen-bond donors (Lipinski definition) is 0. The summed E-state index contributed by atoms with van der Waals surface area (Å²) in [6, 6.07) is 0. The van der Waals surface area contributed by atoms with E-state index in [1.807, 2.05) is 0 Å². The molecule has 0 aromatic rings. The average molecular weight is 107 g/mol. The molecule has 0 N–H and O–H groups in total. The summed E-state index contributed by atoms with van der Waals surface area (Å²) in [5.41, 5.74) is 0. The van der Waals surface area contributed by atoms with Crippen LogP contribution >= 0.6 is 0 Å². The highest BCUT2D eigenvalue weighted by atomic mass is 13.9.